The molecule has 5 atom stereocenters. The Bertz CT molecular complexity index is 836. The largest absolute Gasteiger partial charge is 0.493 e. The number of rotatable bonds is 4. The maximum atomic E-state index is 12.1. The molecule has 8 nitrogen and oxygen atoms in total. The summed E-state index contributed by atoms with van der Waals surface area (Å²) in [6, 6.07) is 1.99. The van der Waals surface area contributed by atoms with Crippen LogP contribution >= 0.6 is 0 Å². The minimum atomic E-state index is -1.33. The number of hydrogen-bond acceptors (Lipinski definition) is 7. The maximum absolute atomic E-state index is 12.1. The van der Waals surface area contributed by atoms with E-state index in [1.54, 1.807) is 18.2 Å². The summed E-state index contributed by atoms with van der Waals surface area (Å²) >= 11 is 0. The van der Waals surface area contributed by atoms with Crippen molar-refractivity contribution in [1.82, 2.24) is 0 Å². The van der Waals surface area contributed by atoms with Gasteiger partial charge < -0.3 is 19.3 Å². The summed E-state index contributed by atoms with van der Waals surface area (Å²) in [4.78, 5) is 23.5. The number of methoxy groups -OCH3 is 1. The van der Waals surface area contributed by atoms with Crippen LogP contribution in [0.25, 0.3) is 0 Å². The quantitative estimate of drug-likeness (QED) is 0.632. The van der Waals surface area contributed by atoms with Gasteiger partial charge >= 0.3 is 0 Å². The summed E-state index contributed by atoms with van der Waals surface area (Å²) in [6.45, 7) is 2.25. The lowest BCUT2D eigenvalue weighted by Gasteiger charge is -2.51. The third kappa shape index (κ3) is 2.47. The molecule has 144 valence electrons. The molecular weight excluding hydrogens is 354 g/mol. The Labute approximate surface area is 155 Å². The molecule has 0 fully saturated rings. The minimum Gasteiger partial charge on any atom is -0.493 e. The molecule has 4 rings (SSSR count). The zero-order chi connectivity index (χ0) is 19.3. The molecule has 1 unspecified atom stereocenters. The predicted octanol–water partition coefficient (Wildman–Crippen LogP) is 1.92. The lowest BCUT2D eigenvalue weighted by atomic mass is 9.55. The molecule has 1 aliphatic heterocycles. The van der Waals surface area contributed by atoms with Gasteiger partial charge in [-0.2, -0.15) is 0 Å². The number of nitro groups is 1. The van der Waals surface area contributed by atoms with E-state index in [-0.39, 0.29) is 12.2 Å². The van der Waals surface area contributed by atoms with Crippen molar-refractivity contribution >= 4 is 5.78 Å². The van der Waals surface area contributed by atoms with Crippen LogP contribution in [0.15, 0.2) is 24.3 Å². The van der Waals surface area contributed by atoms with Crippen LogP contribution in [0.1, 0.15) is 37.0 Å². The van der Waals surface area contributed by atoms with Gasteiger partial charge in [-0.15, -0.1) is 0 Å². The van der Waals surface area contributed by atoms with Gasteiger partial charge in [-0.05, 0) is 24.6 Å². The Hall–Kier alpha value is -2.45. The van der Waals surface area contributed by atoms with Crippen LogP contribution in [0.5, 0.6) is 11.5 Å². The molecular formula is C19H21NO7. The monoisotopic (exact) mass is 375 g/mol. The average molecular weight is 375 g/mol. The normalized spacial score (nSPS) is 33.7. The second-order valence-corrected chi connectivity index (χ2v) is 7.14. The molecule has 2 aliphatic carbocycles. The fourth-order valence-electron chi connectivity index (χ4n) is 4.82. The number of ether oxygens (including phenoxy) is 3. The van der Waals surface area contributed by atoms with Crippen LogP contribution in [0.2, 0.25) is 0 Å². The Kier molecular flexibility index (Phi) is 4.20. The lowest BCUT2D eigenvalue weighted by Crippen LogP contribution is -2.56. The van der Waals surface area contributed by atoms with Gasteiger partial charge in [0, 0.05) is 35.4 Å². The van der Waals surface area contributed by atoms with Gasteiger partial charge in [-0.3, -0.25) is 14.9 Å². The number of carbonyl (C=O) groups excluding carboxylic acids is 1. The fraction of sp³-hybridized carbons (Fsp3) is 0.526. The first-order valence-corrected chi connectivity index (χ1v) is 8.96. The Balaban J connectivity index is 2.02. The van der Waals surface area contributed by atoms with Crippen LogP contribution < -0.4 is 9.47 Å². The Morgan fingerprint density at radius 3 is 2.89 bits per heavy atom. The first-order chi connectivity index (χ1) is 12.9. The Morgan fingerprint density at radius 1 is 1.44 bits per heavy atom. The van der Waals surface area contributed by atoms with Crippen LogP contribution in [-0.2, 0) is 14.9 Å². The van der Waals surface area contributed by atoms with E-state index in [2.05, 4.69) is 0 Å². The van der Waals surface area contributed by atoms with Crippen LogP contribution in [0, 0.1) is 16.0 Å². The summed E-state index contributed by atoms with van der Waals surface area (Å²) in [5, 5.41) is 22.7. The van der Waals surface area contributed by atoms with Crippen molar-refractivity contribution in [3.8, 4) is 11.5 Å². The molecule has 3 aliphatic rings. The number of hydrogen-bond donors (Lipinski definition) is 1. The molecule has 0 saturated carbocycles. The van der Waals surface area contributed by atoms with Crippen molar-refractivity contribution < 1.29 is 29.0 Å². The van der Waals surface area contributed by atoms with E-state index in [1.165, 1.54) is 13.2 Å². The summed E-state index contributed by atoms with van der Waals surface area (Å²) < 4.78 is 17.1. The molecule has 27 heavy (non-hydrogen) atoms. The molecule has 0 saturated heterocycles. The molecule has 1 spiro atoms. The summed E-state index contributed by atoms with van der Waals surface area (Å²) in [5.74, 6) is 0.0140. The highest BCUT2D eigenvalue weighted by Crippen LogP contribution is 2.60. The number of aliphatic hydroxyl groups excluding tert-OH is 1. The minimum absolute atomic E-state index is 0.00581. The van der Waals surface area contributed by atoms with Crippen molar-refractivity contribution in [3.63, 3.8) is 0 Å². The van der Waals surface area contributed by atoms with Gasteiger partial charge in [0.15, 0.2) is 17.3 Å². The lowest BCUT2D eigenvalue weighted by molar-refractivity contribution is -0.549. The number of carbonyl (C=O) groups is 1. The smallest absolute Gasteiger partial charge is 0.247 e. The van der Waals surface area contributed by atoms with Crippen LogP contribution in [0.4, 0.5) is 0 Å². The van der Waals surface area contributed by atoms with Gasteiger partial charge in [-0.1, -0.05) is 12.1 Å². The number of ketones is 1. The summed E-state index contributed by atoms with van der Waals surface area (Å²) in [6.07, 6.45) is 1.58. The molecule has 1 heterocycles. The zero-order valence-electron chi connectivity index (χ0n) is 15.1. The van der Waals surface area contributed by atoms with E-state index in [0.717, 1.165) is 0 Å². The van der Waals surface area contributed by atoms with E-state index >= 15 is 0 Å². The third-order valence-electron chi connectivity index (χ3n) is 5.89. The molecule has 0 aromatic heterocycles. The fourth-order valence-corrected chi connectivity index (χ4v) is 4.82. The second-order valence-electron chi connectivity index (χ2n) is 7.14. The molecule has 1 aromatic carbocycles. The number of aliphatic hydroxyl groups is 1. The van der Waals surface area contributed by atoms with Gasteiger partial charge in [0.05, 0.1) is 13.0 Å². The molecule has 8 heteroatoms. The standard InChI is InChI=1S/C19H21NO7/c1-3-26-14-9-19-7-6-10(21)8-12(19)16(20(23)24)17(22)11-4-5-13(25-2)18(27-14)15(11)19/h4-7,12,14,16-17,22H,3,8-9H2,1-2H3/t12-,14-,16-,17?,19+/m0/s1. The van der Waals surface area contributed by atoms with Crippen LogP contribution in [0.3, 0.4) is 0 Å². The number of benzene rings is 1. The highest BCUT2D eigenvalue weighted by Gasteiger charge is 2.61. The van der Waals surface area contributed by atoms with Crippen molar-refractivity contribution in [2.24, 2.45) is 5.92 Å². The molecule has 0 radical (unpaired) electrons. The zero-order valence-corrected chi connectivity index (χ0v) is 15.1. The number of nitrogens with zero attached hydrogens (tertiary/aromatic N) is 1. The molecule has 0 amide bonds. The van der Waals surface area contributed by atoms with Gasteiger partial charge in [-0.25, -0.2) is 0 Å². The molecule has 1 N–H and O–H groups in total. The second kappa shape index (κ2) is 6.31. The van der Waals surface area contributed by atoms with E-state index in [0.29, 0.717) is 35.7 Å². The molecule has 0 bridgehead atoms. The topological polar surface area (TPSA) is 108 Å². The van der Waals surface area contributed by atoms with Crippen molar-refractivity contribution in [1.29, 1.82) is 0 Å². The van der Waals surface area contributed by atoms with Gasteiger partial charge in [0.1, 0.15) is 6.10 Å². The maximum Gasteiger partial charge on any atom is 0.247 e. The third-order valence-corrected chi connectivity index (χ3v) is 5.89. The van der Waals surface area contributed by atoms with Gasteiger partial charge in [0.2, 0.25) is 12.3 Å². The van der Waals surface area contributed by atoms with Crippen molar-refractivity contribution in [2.75, 3.05) is 13.7 Å². The van der Waals surface area contributed by atoms with E-state index < -0.39 is 34.7 Å². The van der Waals surface area contributed by atoms with Crippen molar-refractivity contribution in [3.05, 3.63) is 45.5 Å². The van der Waals surface area contributed by atoms with Gasteiger partial charge in [0.25, 0.3) is 0 Å². The first kappa shape index (κ1) is 17.9. The number of allylic oxidation sites excluding steroid dienone is 2. The average Bonchev–Trinajstić information content (AvgIpc) is 2.63. The molecule has 1 aromatic rings. The summed E-state index contributed by atoms with van der Waals surface area (Å²) in [7, 11) is 1.51. The highest BCUT2D eigenvalue weighted by molar-refractivity contribution is 5.92. The SMILES string of the molecule is CCO[C@@H]1C[C@]23C=CC(=O)C[C@H]2[C@H]([N+](=O)[O-])C(O)c2ccc(OC)c(c23)O1. The van der Waals surface area contributed by atoms with E-state index in [9.17, 15) is 20.0 Å². The van der Waals surface area contributed by atoms with Crippen molar-refractivity contribution in [2.45, 2.75) is 43.6 Å². The summed E-state index contributed by atoms with van der Waals surface area (Å²) in [5.41, 5.74) is 0.275. The highest BCUT2D eigenvalue weighted by atomic mass is 16.7. The van der Waals surface area contributed by atoms with E-state index in [1.807, 2.05) is 6.92 Å². The Morgan fingerprint density at radius 2 is 2.22 bits per heavy atom. The van der Waals surface area contributed by atoms with E-state index in [4.69, 9.17) is 14.2 Å². The van der Waals surface area contributed by atoms with Crippen LogP contribution in [-0.4, -0.2) is 41.9 Å². The predicted molar refractivity (Wildman–Crippen MR) is 93.3 cm³/mol. The first-order valence-electron chi connectivity index (χ1n) is 8.96.